The van der Waals surface area contributed by atoms with Gasteiger partial charge in [-0.1, -0.05) is 42.5 Å². The van der Waals surface area contributed by atoms with Gasteiger partial charge >= 0.3 is 16.3 Å². The third-order valence-corrected chi connectivity index (χ3v) is 6.95. The number of hydrogen-bond donors (Lipinski definition) is 3. The number of rotatable bonds is 9. The Morgan fingerprint density at radius 2 is 1.85 bits per heavy atom. The highest BCUT2D eigenvalue weighted by molar-refractivity contribution is 7.87. The molecule has 0 spiro atoms. The molecule has 0 saturated heterocycles. The van der Waals surface area contributed by atoms with Crippen LogP contribution in [0.5, 0.6) is 0 Å². The Morgan fingerprint density at radius 3 is 2.53 bits per heavy atom. The molecular weight excluding hydrogens is 496 g/mol. The van der Waals surface area contributed by atoms with E-state index in [1.807, 2.05) is 40.4 Å². The molecule has 34 heavy (non-hydrogen) atoms. The van der Waals surface area contributed by atoms with E-state index >= 15 is 0 Å². The average molecular weight is 517 g/mol. The summed E-state index contributed by atoms with van der Waals surface area (Å²) in [5.41, 5.74) is 4.68. The first kappa shape index (κ1) is 23.8. The van der Waals surface area contributed by atoms with Gasteiger partial charge in [-0.2, -0.15) is 8.42 Å². The fourth-order valence-electron chi connectivity index (χ4n) is 3.23. The summed E-state index contributed by atoms with van der Waals surface area (Å²) >= 11 is 2.81. The van der Waals surface area contributed by atoms with Crippen molar-refractivity contribution in [3.63, 3.8) is 0 Å². The number of nitrogens with zero attached hydrogens (tertiary/aromatic N) is 2. The third kappa shape index (κ3) is 5.97. The van der Waals surface area contributed by atoms with Gasteiger partial charge in [-0.15, -0.1) is 22.7 Å². The predicted octanol–water partition coefficient (Wildman–Crippen LogP) is 4.66. The predicted molar refractivity (Wildman–Crippen MR) is 133 cm³/mol. The molecule has 0 amide bonds. The van der Waals surface area contributed by atoms with Crippen molar-refractivity contribution in [3.05, 3.63) is 82.4 Å². The lowest BCUT2D eigenvalue weighted by Gasteiger charge is -2.18. The number of aromatic nitrogens is 2. The van der Waals surface area contributed by atoms with Crippen molar-refractivity contribution in [2.45, 2.75) is 12.5 Å². The van der Waals surface area contributed by atoms with Crippen molar-refractivity contribution >= 4 is 49.6 Å². The Hall–Kier alpha value is -3.32. The number of carbonyl (C=O) groups excluding carboxylic acids is 1. The van der Waals surface area contributed by atoms with E-state index in [9.17, 15) is 13.2 Å². The van der Waals surface area contributed by atoms with E-state index in [0.29, 0.717) is 11.4 Å². The smallest absolute Gasteiger partial charge is 0.359 e. The highest BCUT2D eigenvalue weighted by atomic mass is 32.2. The fourth-order valence-corrected chi connectivity index (χ4v) is 5.27. The number of ether oxygens (including phenoxy) is 1. The van der Waals surface area contributed by atoms with Crippen LogP contribution in [0.1, 0.15) is 27.8 Å². The number of anilines is 2. The summed E-state index contributed by atoms with van der Waals surface area (Å²) in [6.45, 7) is 0. The van der Waals surface area contributed by atoms with Crippen LogP contribution in [0.2, 0.25) is 0 Å². The molecule has 0 fully saturated rings. The van der Waals surface area contributed by atoms with Crippen LogP contribution < -0.4 is 10.0 Å². The molecule has 2 aromatic heterocycles. The Morgan fingerprint density at radius 1 is 1.12 bits per heavy atom. The summed E-state index contributed by atoms with van der Waals surface area (Å²) in [6, 6.07) is 16.1. The number of carbonyl (C=O) groups is 1. The average Bonchev–Trinajstić information content (AvgIpc) is 3.49. The number of thiazole rings is 2. The van der Waals surface area contributed by atoms with Crippen molar-refractivity contribution in [2.75, 3.05) is 17.1 Å². The maximum atomic E-state index is 12.1. The molecule has 0 bridgehead atoms. The molecule has 0 radical (unpaired) electrons. The van der Waals surface area contributed by atoms with Gasteiger partial charge in [0.15, 0.2) is 5.69 Å². The summed E-state index contributed by atoms with van der Waals surface area (Å²) < 4.78 is 37.9. The van der Waals surface area contributed by atoms with Gasteiger partial charge in [0.05, 0.1) is 30.0 Å². The van der Waals surface area contributed by atoms with Crippen molar-refractivity contribution in [1.29, 1.82) is 0 Å². The van der Waals surface area contributed by atoms with Gasteiger partial charge < -0.3 is 10.1 Å². The molecule has 0 aliphatic heterocycles. The van der Waals surface area contributed by atoms with Crippen molar-refractivity contribution in [2.24, 2.45) is 0 Å². The highest BCUT2D eigenvalue weighted by Crippen LogP contribution is 2.32. The molecule has 2 heterocycles. The van der Waals surface area contributed by atoms with E-state index in [1.165, 1.54) is 29.8 Å². The van der Waals surface area contributed by atoms with Gasteiger partial charge in [-0.05, 0) is 24.1 Å². The van der Waals surface area contributed by atoms with E-state index < -0.39 is 16.3 Å². The van der Waals surface area contributed by atoms with Gasteiger partial charge in [0.1, 0.15) is 10.0 Å². The second-order valence-corrected chi connectivity index (χ2v) is 10.0. The van der Waals surface area contributed by atoms with E-state index in [-0.39, 0.29) is 17.4 Å². The second kappa shape index (κ2) is 10.3. The Bertz CT molecular complexity index is 1370. The molecule has 0 aliphatic rings. The van der Waals surface area contributed by atoms with Crippen LogP contribution in [0.4, 0.5) is 10.7 Å². The molecule has 176 valence electrons. The van der Waals surface area contributed by atoms with Crippen LogP contribution in [0.15, 0.2) is 65.5 Å². The molecule has 3 N–H and O–H groups in total. The number of benzene rings is 2. The maximum absolute atomic E-state index is 12.1. The van der Waals surface area contributed by atoms with Crippen molar-refractivity contribution < 1.29 is 22.5 Å². The highest BCUT2D eigenvalue weighted by Gasteiger charge is 2.22. The standard InChI is InChI=1S/C22H20N4O5S3/c1-31-22(27)19-21(33-13-23-19)24-17(11-14-7-9-16(10-8-14)26-34(28,29)30)18-12-32-20(25-18)15-5-3-2-4-6-15/h2-10,12-13,17,24,26H,11H2,1H3,(H,28,29,30). The summed E-state index contributed by atoms with van der Waals surface area (Å²) in [5, 5.41) is 6.77. The van der Waals surface area contributed by atoms with Crippen molar-refractivity contribution in [1.82, 2.24) is 9.97 Å². The zero-order valence-electron chi connectivity index (χ0n) is 17.8. The number of methoxy groups -OCH3 is 1. The molecule has 4 aromatic rings. The molecule has 0 aliphatic carbocycles. The lowest BCUT2D eigenvalue weighted by molar-refractivity contribution is 0.0596. The summed E-state index contributed by atoms with van der Waals surface area (Å²) in [4.78, 5) is 21.0. The number of esters is 1. The van der Waals surface area contributed by atoms with E-state index in [1.54, 1.807) is 29.8 Å². The minimum Gasteiger partial charge on any atom is -0.464 e. The summed E-state index contributed by atoms with van der Waals surface area (Å²) in [5.74, 6) is -0.536. The number of hydrogen-bond acceptors (Lipinski definition) is 9. The molecule has 1 atom stereocenters. The molecule has 0 saturated carbocycles. The Kier molecular flexibility index (Phi) is 7.22. The van der Waals surface area contributed by atoms with Crippen LogP contribution in [0.25, 0.3) is 10.6 Å². The topological polar surface area (TPSA) is 131 Å². The van der Waals surface area contributed by atoms with Crippen LogP contribution >= 0.6 is 22.7 Å². The second-order valence-electron chi connectivity index (χ2n) is 7.14. The first-order chi connectivity index (χ1) is 16.3. The lowest BCUT2D eigenvalue weighted by atomic mass is 10.0. The van der Waals surface area contributed by atoms with E-state index in [2.05, 4.69) is 10.3 Å². The largest absolute Gasteiger partial charge is 0.464 e. The molecule has 12 heteroatoms. The summed E-state index contributed by atoms with van der Waals surface area (Å²) in [7, 11) is -3.05. The Labute approximate surface area is 204 Å². The first-order valence-corrected chi connectivity index (χ1v) is 13.2. The first-order valence-electron chi connectivity index (χ1n) is 9.96. The quantitative estimate of drug-likeness (QED) is 0.216. The van der Waals surface area contributed by atoms with Gasteiger partial charge in [0.2, 0.25) is 0 Å². The molecule has 1 unspecified atom stereocenters. The van der Waals surface area contributed by atoms with Crippen LogP contribution in [0.3, 0.4) is 0 Å². The third-order valence-electron chi connectivity index (χ3n) is 4.79. The minimum absolute atomic E-state index is 0.198. The molecule has 2 aromatic carbocycles. The van der Waals surface area contributed by atoms with Gasteiger partial charge in [-0.3, -0.25) is 9.27 Å². The van der Waals surface area contributed by atoms with Gasteiger partial charge in [-0.25, -0.2) is 14.8 Å². The SMILES string of the molecule is COC(=O)c1ncsc1NC(Cc1ccc(NS(=O)(=O)O)cc1)c1csc(-c2ccccc2)n1. The van der Waals surface area contributed by atoms with E-state index in [4.69, 9.17) is 14.3 Å². The summed E-state index contributed by atoms with van der Waals surface area (Å²) in [6.07, 6.45) is 0.489. The Balaban J connectivity index is 1.63. The molecule has 4 rings (SSSR count). The molecular formula is C22H20N4O5S3. The monoisotopic (exact) mass is 516 g/mol. The van der Waals surface area contributed by atoms with Crippen LogP contribution in [0, 0.1) is 0 Å². The maximum Gasteiger partial charge on any atom is 0.359 e. The van der Waals surface area contributed by atoms with Crippen LogP contribution in [-0.2, 0) is 21.5 Å². The van der Waals surface area contributed by atoms with Crippen molar-refractivity contribution in [3.8, 4) is 10.6 Å². The van der Waals surface area contributed by atoms with Gasteiger partial charge in [0, 0.05) is 10.9 Å². The number of nitrogens with one attached hydrogen (secondary N) is 2. The molecule has 9 nitrogen and oxygen atoms in total. The van der Waals surface area contributed by atoms with E-state index in [0.717, 1.165) is 21.8 Å². The zero-order chi connectivity index (χ0) is 24.1. The zero-order valence-corrected chi connectivity index (χ0v) is 20.3. The van der Waals surface area contributed by atoms with Gasteiger partial charge in [0.25, 0.3) is 0 Å². The fraction of sp³-hybridized carbons (Fsp3) is 0.136. The lowest BCUT2D eigenvalue weighted by Crippen LogP contribution is -2.16. The minimum atomic E-state index is -4.35. The normalized spacial score (nSPS) is 12.2. The van der Waals surface area contributed by atoms with Crippen LogP contribution in [-0.4, -0.2) is 36.0 Å².